The summed E-state index contributed by atoms with van der Waals surface area (Å²) in [6, 6.07) is 14.1. The molecule has 79 heavy (non-hydrogen) atoms. The number of pyridine rings is 1. The summed E-state index contributed by atoms with van der Waals surface area (Å²) in [5.74, 6) is 1.40. The second kappa shape index (κ2) is 23.9. The summed E-state index contributed by atoms with van der Waals surface area (Å²) < 4.78 is 43.6. The predicted molar refractivity (Wildman–Crippen MR) is 296 cm³/mol. The van der Waals surface area contributed by atoms with Crippen molar-refractivity contribution in [1.82, 2.24) is 40.3 Å². The summed E-state index contributed by atoms with van der Waals surface area (Å²) >= 11 is 0. The molecule has 11 rings (SSSR count). The predicted octanol–water partition coefficient (Wildman–Crippen LogP) is 7.41. The number of rotatable bonds is 19. The van der Waals surface area contributed by atoms with Crippen LogP contribution in [-0.4, -0.2) is 149 Å². The molecular formula is C60H68F2N10O7. The third kappa shape index (κ3) is 11.3. The Labute approximate surface area is 458 Å². The van der Waals surface area contributed by atoms with Crippen LogP contribution in [0.5, 0.6) is 6.01 Å². The van der Waals surface area contributed by atoms with E-state index in [2.05, 4.69) is 48.2 Å². The number of amides is 5. The molecule has 2 bridgehead atoms. The number of nitrogens with zero attached hydrogens (tertiary/aromatic N) is 7. The fourth-order valence-electron chi connectivity index (χ4n) is 12.9. The van der Waals surface area contributed by atoms with Crippen molar-refractivity contribution < 1.29 is 42.2 Å². The molecule has 17 nitrogen and oxygen atoms in total. The number of carbonyl (C=O) groups is 5. The fraction of sp³-hybridized carbons (Fsp3) is 0.467. The molecule has 0 radical (unpaired) electrons. The molecule has 3 aromatic carbocycles. The van der Waals surface area contributed by atoms with Gasteiger partial charge < -0.3 is 29.9 Å². The number of nitrogens with one attached hydrogen (secondary N) is 3. The van der Waals surface area contributed by atoms with Gasteiger partial charge in [-0.3, -0.25) is 44.1 Å². The van der Waals surface area contributed by atoms with E-state index in [1.165, 1.54) is 16.5 Å². The van der Waals surface area contributed by atoms with Crippen molar-refractivity contribution in [2.75, 3.05) is 69.8 Å². The van der Waals surface area contributed by atoms with Crippen LogP contribution >= 0.6 is 0 Å². The molecule has 5 unspecified atom stereocenters. The van der Waals surface area contributed by atoms with Crippen LogP contribution in [0.2, 0.25) is 0 Å². The van der Waals surface area contributed by atoms with Crippen LogP contribution in [0.3, 0.4) is 0 Å². The number of anilines is 2. The summed E-state index contributed by atoms with van der Waals surface area (Å²) in [6.45, 7) is 11.7. The lowest BCUT2D eigenvalue weighted by atomic mass is 9.92. The first-order chi connectivity index (χ1) is 38.3. The van der Waals surface area contributed by atoms with Crippen LogP contribution in [0.4, 0.5) is 20.3 Å². The number of benzene rings is 3. The van der Waals surface area contributed by atoms with Crippen LogP contribution in [0.1, 0.15) is 110 Å². The molecule has 3 N–H and O–H groups in total. The van der Waals surface area contributed by atoms with E-state index < -0.39 is 23.6 Å². The number of fused-ring (bicyclic) bond motifs is 6. The average molecular weight is 1080 g/mol. The van der Waals surface area contributed by atoms with Gasteiger partial charge in [-0.2, -0.15) is 9.97 Å². The average Bonchev–Trinajstić information content (AvgIpc) is 4.40. The van der Waals surface area contributed by atoms with Crippen LogP contribution in [0, 0.1) is 29.9 Å². The van der Waals surface area contributed by atoms with Crippen LogP contribution in [0.25, 0.3) is 32.9 Å². The highest BCUT2D eigenvalue weighted by molar-refractivity contribution is 6.24. The second-order valence-electron chi connectivity index (χ2n) is 22.0. The van der Waals surface area contributed by atoms with Crippen LogP contribution < -0.4 is 25.6 Å². The van der Waals surface area contributed by atoms with Gasteiger partial charge in [0.25, 0.3) is 11.8 Å². The third-order valence-corrected chi connectivity index (χ3v) is 16.9. The number of hydrogen-bond acceptors (Lipinski definition) is 14. The zero-order valence-corrected chi connectivity index (χ0v) is 44.9. The molecular weight excluding hydrogens is 1010 g/mol. The monoisotopic (exact) mass is 1080 g/mol. The molecule has 6 aliphatic heterocycles. The number of terminal acetylenes is 1. The van der Waals surface area contributed by atoms with E-state index >= 15 is 4.39 Å². The van der Waals surface area contributed by atoms with Gasteiger partial charge in [-0.05, 0) is 94.2 Å². The van der Waals surface area contributed by atoms with Gasteiger partial charge in [0.2, 0.25) is 18.7 Å². The van der Waals surface area contributed by atoms with Crippen molar-refractivity contribution in [3.63, 3.8) is 0 Å². The van der Waals surface area contributed by atoms with E-state index in [0.29, 0.717) is 94.6 Å². The minimum atomic E-state index is -0.626. The van der Waals surface area contributed by atoms with Crippen molar-refractivity contribution in [2.45, 2.75) is 114 Å². The summed E-state index contributed by atoms with van der Waals surface area (Å²) in [7, 11) is 1.73. The van der Waals surface area contributed by atoms with E-state index in [9.17, 15) is 28.4 Å². The maximum Gasteiger partial charge on any atom is 0.319 e. The van der Waals surface area contributed by atoms with Crippen molar-refractivity contribution in [3.05, 3.63) is 95.2 Å². The Kier molecular flexibility index (Phi) is 16.6. The Morgan fingerprint density at radius 2 is 1.77 bits per heavy atom. The van der Waals surface area contributed by atoms with Gasteiger partial charge in [0.05, 0.1) is 34.2 Å². The zero-order valence-electron chi connectivity index (χ0n) is 44.9. The molecule has 5 saturated heterocycles. The number of methoxy groups -OCH3 is 1. The topological polar surface area (TPSA) is 192 Å². The van der Waals surface area contributed by atoms with E-state index in [1.807, 2.05) is 17.0 Å². The van der Waals surface area contributed by atoms with Crippen LogP contribution in [-0.2, 0) is 19.1 Å². The molecule has 5 aromatic rings. The number of likely N-dealkylation sites (tertiary alicyclic amines) is 1. The SMILES string of the molecule is C#Cc1c(F)ccc2cccc(-c3ncc4c(N5CC6CCC(C5)N6)nc(OCC56CCC(COC)N5CC(=C)C6)nc4c3F)c12.CC(CCC(=O)NC=O)N1C(=O)c2cccc(NCCCCC3CCN(C=O)CC3)c2C1=O. The first-order valence-corrected chi connectivity index (χ1v) is 27.6. The summed E-state index contributed by atoms with van der Waals surface area (Å²) in [6.07, 6.45) is 19.1. The van der Waals surface area contributed by atoms with Gasteiger partial charge in [0.15, 0.2) is 5.82 Å². The lowest BCUT2D eigenvalue weighted by molar-refractivity contribution is -0.125. The molecule has 6 aliphatic rings. The smallest absolute Gasteiger partial charge is 0.319 e. The number of carbonyl (C=O) groups excluding carboxylic acids is 5. The number of halogens is 2. The highest BCUT2D eigenvalue weighted by Gasteiger charge is 2.51. The summed E-state index contributed by atoms with van der Waals surface area (Å²) in [5.41, 5.74) is 2.98. The molecule has 2 aromatic heterocycles. The van der Waals surface area contributed by atoms with Gasteiger partial charge >= 0.3 is 6.01 Å². The Bertz CT molecular complexity index is 3210. The highest BCUT2D eigenvalue weighted by atomic mass is 19.1. The number of hydrogen-bond donors (Lipinski definition) is 3. The van der Waals surface area contributed by atoms with Crippen molar-refractivity contribution >= 4 is 63.7 Å². The Balaban J connectivity index is 0.000000189. The van der Waals surface area contributed by atoms with Gasteiger partial charge in [-0.25, -0.2) is 8.78 Å². The third-order valence-electron chi connectivity index (χ3n) is 16.9. The largest absolute Gasteiger partial charge is 0.461 e. The maximum atomic E-state index is 16.8. The number of ether oxygens (including phenoxy) is 2. The standard InChI is InChI=1S/C36H36F2N6O2.C24H32N4O5/c1-4-26-29(37)11-8-22-6-5-7-27(30(22)26)32-31(38)33-28(15-39-32)34(43-17-23-9-10-24(18-43)40-23)42-35(41-33)46-20-36-13-12-25(19-45-3)44(36)16-21(2)14-36;1-17(8-9-21(31)26-15-29)28-23(32)19-6-4-7-20(22(19)24(28)33)25-12-3-2-5-18-10-13-27(16-30)14-11-18/h1,5-8,11,15,23-25,40H,2,9-10,12-14,16-20H2,3H3;4,6-7,15-18,25H,2-3,5,8-14H2,1H3,(H,26,29,31). The van der Waals surface area contributed by atoms with Crippen LogP contribution in [0.15, 0.2) is 66.9 Å². The molecule has 0 saturated carbocycles. The number of piperazine rings is 1. The lowest BCUT2D eigenvalue weighted by Crippen LogP contribution is -2.51. The molecule has 5 fully saturated rings. The second-order valence-corrected chi connectivity index (χ2v) is 22.0. The van der Waals surface area contributed by atoms with Gasteiger partial charge in [0, 0.05) is 99.8 Å². The van der Waals surface area contributed by atoms with Gasteiger partial charge in [-0.1, -0.05) is 61.2 Å². The van der Waals surface area contributed by atoms with Crippen molar-refractivity contribution in [3.8, 4) is 29.6 Å². The number of aromatic nitrogens is 3. The first kappa shape index (κ1) is 54.9. The van der Waals surface area contributed by atoms with E-state index in [4.69, 9.17) is 20.9 Å². The summed E-state index contributed by atoms with van der Waals surface area (Å²) in [4.78, 5) is 80.5. The van der Waals surface area contributed by atoms with Crippen molar-refractivity contribution in [1.29, 1.82) is 0 Å². The fourth-order valence-corrected chi connectivity index (χ4v) is 12.9. The van der Waals surface area contributed by atoms with Gasteiger partial charge in [0.1, 0.15) is 29.5 Å². The number of piperidine rings is 1. The molecule has 5 atom stereocenters. The Morgan fingerprint density at radius 1 is 1.00 bits per heavy atom. The zero-order chi connectivity index (χ0) is 55.4. The van der Waals surface area contributed by atoms with E-state index in [1.54, 1.807) is 50.6 Å². The maximum absolute atomic E-state index is 16.8. The Hall–Kier alpha value is -7.40. The highest BCUT2D eigenvalue weighted by Crippen LogP contribution is 2.45. The molecule has 414 valence electrons. The van der Waals surface area contributed by atoms with Gasteiger partial charge in [-0.15, -0.1) is 6.42 Å². The summed E-state index contributed by atoms with van der Waals surface area (Å²) in [5, 5.41) is 10.7. The lowest BCUT2D eigenvalue weighted by Gasteiger charge is -2.35. The van der Waals surface area contributed by atoms with E-state index in [-0.39, 0.29) is 53.0 Å². The molecule has 19 heteroatoms. The minimum Gasteiger partial charge on any atom is -0.461 e. The number of unbranched alkanes of at least 4 members (excludes halogenated alkanes) is 1. The molecule has 5 amide bonds. The quantitative estimate of drug-likeness (QED) is 0.0244. The van der Waals surface area contributed by atoms with Crippen molar-refractivity contribution in [2.24, 2.45) is 5.92 Å². The minimum absolute atomic E-state index is 0.0474. The number of imide groups is 2. The first-order valence-electron chi connectivity index (χ1n) is 27.6. The van der Waals surface area contributed by atoms with E-state index in [0.717, 1.165) is 103 Å². The normalized spacial score (nSPS) is 22.1. The molecule has 0 aliphatic carbocycles. The molecule has 8 heterocycles. The molecule has 0 spiro atoms. The Morgan fingerprint density at radius 3 is 2.52 bits per heavy atom.